The van der Waals surface area contributed by atoms with E-state index in [1.807, 2.05) is 6.92 Å². The van der Waals surface area contributed by atoms with Crippen LogP contribution < -0.4 is 21.1 Å². The summed E-state index contributed by atoms with van der Waals surface area (Å²) in [5.41, 5.74) is 5.99. The molecule has 6 nitrogen and oxygen atoms in total. The molecule has 10 heteroatoms. The van der Waals surface area contributed by atoms with Crippen LogP contribution in [0, 0.1) is 0 Å². The molecule has 4 N–H and O–H groups in total. The van der Waals surface area contributed by atoms with Gasteiger partial charge in [0.15, 0.2) is 5.96 Å². The first-order valence-electron chi connectivity index (χ1n) is 6.49. The standard InChI is InChI=1S/C13H17F3N4O2.HI/c1-2-7-18-11(21)8-19-12(17)20-9-3-5-10(6-4-9)22-13(14,15)16;/h3-6H,2,7-8H2,1H3,(H,18,21)(H3,17,19,20);1H. The molecule has 0 heterocycles. The molecule has 1 rings (SSSR count). The number of carbonyl (C=O) groups excluding carboxylic acids is 1. The third kappa shape index (κ3) is 9.81. The highest BCUT2D eigenvalue weighted by molar-refractivity contribution is 14.0. The predicted octanol–water partition coefficient (Wildman–Crippen LogP) is 2.46. The number of amides is 1. The molecule has 0 aliphatic rings. The van der Waals surface area contributed by atoms with Gasteiger partial charge in [-0.25, -0.2) is 4.99 Å². The molecule has 1 amide bonds. The number of ether oxygens (including phenoxy) is 1. The molecule has 0 spiro atoms. The summed E-state index contributed by atoms with van der Waals surface area (Å²) in [7, 11) is 0. The number of guanidine groups is 1. The number of carbonyl (C=O) groups is 1. The van der Waals surface area contributed by atoms with E-state index in [-0.39, 0.29) is 48.1 Å². The highest BCUT2D eigenvalue weighted by atomic mass is 127. The molecule has 1 aromatic carbocycles. The minimum atomic E-state index is -4.73. The van der Waals surface area contributed by atoms with Gasteiger partial charge in [0.25, 0.3) is 0 Å². The second-order valence-corrected chi connectivity index (χ2v) is 4.25. The van der Waals surface area contributed by atoms with Crippen LogP contribution in [0.5, 0.6) is 5.75 Å². The summed E-state index contributed by atoms with van der Waals surface area (Å²) < 4.78 is 39.7. The second-order valence-electron chi connectivity index (χ2n) is 4.25. The van der Waals surface area contributed by atoms with Crippen molar-refractivity contribution in [1.82, 2.24) is 5.32 Å². The Morgan fingerprint density at radius 1 is 1.30 bits per heavy atom. The summed E-state index contributed by atoms with van der Waals surface area (Å²) in [4.78, 5) is 15.1. The van der Waals surface area contributed by atoms with Crippen LogP contribution in [0.3, 0.4) is 0 Å². The smallest absolute Gasteiger partial charge is 0.406 e. The van der Waals surface area contributed by atoms with Crippen molar-refractivity contribution in [3.63, 3.8) is 0 Å². The van der Waals surface area contributed by atoms with Crippen molar-refractivity contribution in [2.24, 2.45) is 10.7 Å². The molecule has 0 unspecified atom stereocenters. The third-order valence-electron chi connectivity index (χ3n) is 2.33. The van der Waals surface area contributed by atoms with Gasteiger partial charge < -0.3 is 21.1 Å². The number of halogens is 4. The highest BCUT2D eigenvalue weighted by Gasteiger charge is 2.30. The minimum absolute atomic E-state index is 0. The number of nitrogens with two attached hydrogens (primary N) is 1. The molecule has 0 radical (unpaired) electrons. The number of nitrogens with one attached hydrogen (secondary N) is 2. The number of aliphatic imine (C=N–C) groups is 1. The number of rotatable bonds is 6. The number of anilines is 1. The van der Waals surface area contributed by atoms with E-state index < -0.39 is 6.36 Å². The Balaban J connectivity index is 0.00000484. The first kappa shape index (κ1) is 21.3. The fraction of sp³-hybridized carbons (Fsp3) is 0.385. The molecular weight excluding hydrogens is 428 g/mol. The number of benzene rings is 1. The molecule has 23 heavy (non-hydrogen) atoms. The Morgan fingerprint density at radius 3 is 2.43 bits per heavy atom. The number of alkyl halides is 3. The van der Waals surface area contributed by atoms with Crippen LogP contribution >= 0.6 is 24.0 Å². The van der Waals surface area contributed by atoms with Crippen LogP contribution in [0.4, 0.5) is 18.9 Å². The number of hydrogen-bond donors (Lipinski definition) is 3. The van der Waals surface area contributed by atoms with Gasteiger partial charge in [-0.1, -0.05) is 6.92 Å². The van der Waals surface area contributed by atoms with Crippen molar-refractivity contribution in [3.8, 4) is 5.75 Å². The van der Waals surface area contributed by atoms with Gasteiger partial charge in [-0.05, 0) is 30.7 Å². The van der Waals surface area contributed by atoms with Crippen molar-refractivity contribution in [3.05, 3.63) is 24.3 Å². The Labute approximate surface area is 148 Å². The molecule has 0 atom stereocenters. The van der Waals surface area contributed by atoms with Crippen LogP contribution in [0.1, 0.15) is 13.3 Å². The molecule has 0 saturated heterocycles. The zero-order chi connectivity index (χ0) is 16.6. The SMILES string of the molecule is CCCNC(=O)CN=C(N)Nc1ccc(OC(F)(F)F)cc1.I. The fourth-order valence-corrected chi connectivity index (χ4v) is 1.40. The van der Waals surface area contributed by atoms with Crippen molar-refractivity contribution in [2.45, 2.75) is 19.7 Å². The Bertz CT molecular complexity index is 521. The molecule has 0 aliphatic carbocycles. The Hall–Kier alpha value is -1.72. The summed E-state index contributed by atoms with van der Waals surface area (Å²) in [5, 5.41) is 5.28. The summed E-state index contributed by atoms with van der Waals surface area (Å²) in [6.07, 6.45) is -3.92. The van der Waals surface area contributed by atoms with Gasteiger partial charge in [0.1, 0.15) is 12.3 Å². The molecule has 0 bridgehead atoms. The van der Waals surface area contributed by atoms with Crippen LogP contribution in [0.25, 0.3) is 0 Å². The van der Waals surface area contributed by atoms with E-state index in [9.17, 15) is 18.0 Å². The minimum Gasteiger partial charge on any atom is -0.406 e. The van der Waals surface area contributed by atoms with Crippen molar-refractivity contribution < 1.29 is 22.7 Å². The average Bonchev–Trinajstić information content (AvgIpc) is 2.43. The van der Waals surface area contributed by atoms with E-state index in [0.717, 1.165) is 18.6 Å². The van der Waals surface area contributed by atoms with Crippen LogP contribution in [-0.4, -0.2) is 31.3 Å². The quantitative estimate of drug-likeness (QED) is 0.356. The molecule has 130 valence electrons. The van der Waals surface area contributed by atoms with Crippen molar-refractivity contribution in [2.75, 3.05) is 18.4 Å². The normalized spacial score (nSPS) is 11.4. The Morgan fingerprint density at radius 2 is 1.91 bits per heavy atom. The van der Waals surface area contributed by atoms with Gasteiger partial charge in [0.2, 0.25) is 5.91 Å². The molecule has 0 fully saturated rings. The van der Waals surface area contributed by atoms with Crippen molar-refractivity contribution >= 4 is 41.5 Å². The lowest BCUT2D eigenvalue weighted by Gasteiger charge is -2.10. The predicted molar refractivity (Wildman–Crippen MR) is 92.0 cm³/mol. The lowest BCUT2D eigenvalue weighted by atomic mass is 10.3. The van der Waals surface area contributed by atoms with E-state index in [4.69, 9.17) is 5.73 Å². The van der Waals surface area contributed by atoms with E-state index in [2.05, 4.69) is 20.4 Å². The number of hydrogen-bond acceptors (Lipinski definition) is 3. The van der Waals surface area contributed by atoms with Gasteiger partial charge in [0.05, 0.1) is 0 Å². The zero-order valence-corrected chi connectivity index (χ0v) is 14.6. The third-order valence-corrected chi connectivity index (χ3v) is 2.33. The van der Waals surface area contributed by atoms with Gasteiger partial charge in [0, 0.05) is 12.2 Å². The van der Waals surface area contributed by atoms with E-state index in [0.29, 0.717) is 12.2 Å². The first-order chi connectivity index (χ1) is 10.3. The van der Waals surface area contributed by atoms with E-state index in [1.165, 1.54) is 12.1 Å². The van der Waals surface area contributed by atoms with Crippen LogP contribution in [0.15, 0.2) is 29.3 Å². The Kier molecular flexibility index (Phi) is 9.37. The maximum absolute atomic E-state index is 12.0. The number of nitrogens with zero attached hydrogens (tertiary/aromatic N) is 1. The van der Waals surface area contributed by atoms with Crippen LogP contribution in [-0.2, 0) is 4.79 Å². The monoisotopic (exact) mass is 446 g/mol. The fourth-order valence-electron chi connectivity index (χ4n) is 1.40. The first-order valence-corrected chi connectivity index (χ1v) is 6.49. The molecule has 0 aromatic heterocycles. The van der Waals surface area contributed by atoms with E-state index >= 15 is 0 Å². The molecule has 0 aliphatic heterocycles. The molecule has 1 aromatic rings. The van der Waals surface area contributed by atoms with Gasteiger partial charge in [-0.3, -0.25) is 4.79 Å². The lowest BCUT2D eigenvalue weighted by molar-refractivity contribution is -0.274. The molecule has 0 saturated carbocycles. The topological polar surface area (TPSA) is 88.7 Å². The second kappa shape index (κ2) is 10.1. The maximum Gasteiger partial charge on any atom is 0.573 e. The van der Waals surface area contributed by atoms with Crippen LogP contribution in [0.2, 0.25) is 0 Å². The van der Waals surface area contributed by atoms with Crippen molar-refractivity contribution in [1.29, 1.82) is 0 Å². The summed E-state index contributed by atoms with van der Waals surface area (Å²) in [6, 6.07) is 4.97. The average molecular weight is 446 g/mol. The maximum atomic E-state index is 12.0. The highest BCUT2D eigenvalue weighted by Crippen LogP contribution is 2.23. The van der Waals surface area contributed by atoms with Gasteiger partial charge >= 0.3 is 6.36 Å². The summed E-state index contributed by atoms with van der Waals surface area (Å²) >= 11 is 0. The summed E-state index contributed by atoms with van der Waals surface area (Å²) in [5.74, 6) is -0.621. The largest absolute Gasteiger partial charge is 0.573 e. The van der Waals surface area contributed by atoms with Gasteiger partial charge in [-0.2, -0.15) is 0 Å². The van der Waals surface area contributed by atoms with E-state index in [1.54, 1.807) is 0 Å². The zero-order valence-electron chi connectivity index (χ0n) is 12.3. The lowest BCUT2D eigenvalue weighted by Crippen LogP contribution is -2.29. The molecular formula is C13H18F3IN4O2. The summed E-state index contributed by atoms with van der Waals surface area (Å²) in [6.45, 7) is 2.35. The van der Waals surface area contributed by atoms with Gasteiger partial charge in [-0.15, -0.1) is 37.1 Å².